The number of benzene rings is 2. The minimum atomic E-state index is -4.12. The average Bonchev–Trinajstić information content (AvgIpc) is 2.82. The molecule has 0 saturated carbocycles. The van der Waals surface area contributed by atoms with Crippen LogP contribution in [0.1, 0.15) is 25.0 Å². The zero-order valence-electron chi connectivity index (χ0n) is 18.6. The number of rotatable bonds is 6. The van der Waals surface area contributed by atoms with Crippen LogP contribution >= 0.6 is 23.2 Å². The molecule has 4 rings (SSSR count). The molecule has 2 aromatic carbocycles. The number of piperidine rings is 1. The number of ether oxygens (including phenoxy) is 1. The van der Waals surface area contributed by atoms with Crippen molar-refractivity contribution in [2.24, 2.45) is 0 Å². The summed E-state index contributed by atoms with van der Waals surface area (Å²) in [7, 11) is -4.12. The quantitative estimate of drug-likeness (QED) is 0.403. The molecule has 1 saturated heterocycles. The third-order valence-corrected chi connectivity index (χ3v) is 7.97. The number of sulfonamides is 1. The second-order valence-electron chi connectivity index (χ2n) is 7.96. The fourth-order valence-electron chi connectivity index (χ4n) is 3.60. The number of aromatic nitrogens is 3. The van der Waals surface area contributed by atoms with E-state index < -0.39 is 50.1 Å². The molecule has 1 aliphatic heterocycles. The van der Waals surface area contributed by atoms with E-state index in [2.05, 4.69) is 5.10 Å². The fourth-order valence-corrected chi connectivity index (χ4v) is 5.72. The summed E-state index contributed by atoms with van der Waals surface area (Å²) in [4.78, 5) is 24.9. The van der Waals surface area contributed by atoms with Crippen molar-refractivity contribution in [3.63, 3.8) is 0 Å². The molecule has 0 unspecified atom stereocenters. The van der Waals surface area contributed by atoms with E-state index in [1.54, 1.807) is 4.98 Å². The van der Waals surface area contributed by atoms with Gasteiger partial charge in [0, 0.05) is 19.2 Å². The van der Waals surface area contributed by atoms with Gasteiger partial charge in [0.1, 0.15) is 16.4 Å². The van der Waals surface area contributed by atoms with Crippen molar-refractivity contribution >= 4 is 33.2 Å². The van der Waals surface area contributed by atoms with Gasteiger partial charge in [0.15, 0.2) is 11.4 Å². The number of phenolic OH excluding ortho intramolecular Hbond substituents is 1. The Morgan fingerprint density at radius 3 is 2.32 bits per heavy atom. The number of hydrogen-bond acceptors (Lipinski definition) is 8. The van der Waals surface area contributed by atoms with Crippen LogP contribution in [0.2, 0.25) is 10.0 Å². The highest BCUT2D eigenvalue weighted by Gasteiger charge is 2.31. The molecule has 1 fully saturated rings. The van der Waals surface area contributed by atoms with Gasteiger partial charge in [-0.25, -0.2) is 22.0 Å². The lowest BCUT2D eigenvalue weighted by Gasteiger charge is -2.29. The number of phenols is 1. The van der Waals surface area contributed by atoms with E-state index in [1.807, 2.05) is 0 Å². The summed E-state index contributed by atoms with van der Waals surface area (Å²) in [6, 6.07) is 5.66. The maximum Gasteiger partial charge on any atom is 0.349 e. The summed E-state index contributed by atoms with van der Waals surface area (Å²) in [5.74, 6) is -0.762. The normalized spacial score (nSPS) is 15.3. The van der Waals surface area contributed by atoms with Gasteiger partial charge < -0.3 is 14.9 Å². The van der Waals surface area contributed by atoms with Crippen LogP contribution in [0.3, 0.4) is 0 Å². The molecule has 3 aromatic rings. The standard InChI is InChI=1S/C21H18Cl2F2N4O7S/c22-13-7-10(29-21(33)26-20(32)17(27-29)19(24)25)8-14(23)18(13)36-12-1-2-15(31)16(9-12)37(34,35)28-5-3-11(30)4-6-28/h1-2,7-9,11,19,30-31H,3-6H2,(H,26,32,33). The van der Waals surface area contributed by atoms with E-state index in [0.29, 0.717) is 4.68 Å². The molecule has 198 valence electrons. The highest BCUT2D eigenvalue weighted by molar-refractivity contribution is 7.89. The highest BCUT2D eigenvalue weighted by Crippen LogP contribution is 2.40. The topological polar surface area (TPSA) is 155 Å². The molecular weight excluding hydrogens is 561 g/mol. The smallest absolute Gasteiger partial charge is 0.349 e. The van der Waals surface area contributed by atoms with Crippen LogP contribution in [0, 0.1) is 0 Å². The van der Waals surface area contributed by atoms with Gasteiger partial charge in [-0.1, -0.05) is 23.2 Å². The Balaban J connectivity index is 1.68. The van der Waals surface area contributed by atoms with Crippen molar-refractivity contribution in [2.75, 3.05) is 13.1 Å². The van der Waals surface area contributed by atoms with E-state index in [9.17, 15) is 37.0 Å². The second-order valence-corrected chi connectivity index (χ2v) is 10.7. The van der Waals surface area contributed by atoms with Crippen molar-refractivity contribution < 1.29 is 32.1 Å². The Kier molecular flexibility index (Phi) is 7.57. The molecular formula is C21H18Cl2F2N4O7S. The largest absolute Gasteiger partial charge is 0.507 e. The molecule has 2 heterocycles. The molecule has 0 radical (unpaired) electrons. The summed E-state index contributed by atoms with van der Waals surface area (Å²) in [5, 5.41) is 22.8. The first-order valence-electron chi connectivity index (χ1n) is 10.6. The number of aromatic amines is 1. The van der Waals surface area contributed by atoms with E-state index in [-0.39, 0.29) is 53.2 Å². The third-order valence-electron chi connectivity index (χ3n) is 5.48. The van der Waals surface area contributed by atoms with Crippen LogP contribution < -0.4 is 16.0 Å². The predicted octanol–water partition coefficient (Wildman–Crippen LogP) is 2.81. The van der Waals surface area contributed by atoms with Gasteiger partial charge in [0.05, 0.1) is 21.8 Å². The molecule has 37 heavy (non-hydrogen) atoms. The van der Waals surface area contributed by atoms with Crippen LogP contribution in [0.4, 0.5) is 8.78 Å². The van der Waals surface area contributed by atoms with Crippen molar-refractivity contribution in [3.8, 4) is 22.9 Å². The minimum Gasteiger partial charge on any atom is -0.507 e. The maximum absolute atomic E-state index is 13.1. The fraction of sp³-hybridized carbons (Fsp3) is 0.286. The zero-order valence-corrected chi connectivity index (χ0v) is 20.9. The SMILES string of the molecule is O=c1[nH]c(=O)n(-c2cc(Cl)c(Oc3ccc(O)c(S(=O)(=O)N4CCC(O)CC4)c3)c(Cl)c2)nc1C(F)F. The average molecular weight is 579 g/mol. The van der Waals surface area contributed by atoms with Gasteiger partial charge in [-0.3, -0.25) is 9.78 Å². The van der Waals surface area contributed by atoms with Crippen molar-refractivity contribution in [1.29, 1.82) is 0 Å². The molecule has 1 aliphatic rings. The number of H-pyrrole nitrogens is 1. The third kappa shape index (κ3) is 5.48. The lowest BCUT2D eigenvalue weighted by Crippen LogP contribution is -2.40. The zero-order chi connectivity index (χ0) is 27.1. The van der Waals surface area contributed by atoms with Gasteiger partial charge in [0.2, 0.25) is 10.0 Å². The number of aromatic hydroxyl groups is 1. The number of halogens is 4. The van der Waals surface area contributed by atoms with Gasteiger partial charge >= 0.3 is 5.69 Å². The van der Waals surface area contributed by atoms with Crippen LogP contribution in [0.25, 0.3) is 5.69 Å². The summed E-state index contributed by atoms with van der Waals surface area (Å²) >= 11 is 12.5. The van der Waals surface area contributed by atoms with Gasteiger partial charge in [-0.2, -0.15) is 14.1 Å². The summed E-state index contributed by atoms with van der Waals surface area (Å²) in [5.41, 5.74) is -3.80. The van der Waals surface area contributed by atoms with Crippen molar-refractivity contribution in [3.05, 3.63) is 66.9 Å². The molecule has 0 atom stereocenters. The first-order chi connectivity index (χ1) is 17.4. The number of hydrogen-bond donors (Lipinski definition) is 3. The van der Waals surface area contributed by atoms with Crippen LogP contribution in [0.15, 0.2) is 44.8 Å². The number of nitrogens with one attached hydrogen (secondary N) is 1. The minimum absolute atomic E-state index is 0.0655. The highest BCUT2D eigenvalue weighted by atomic mass is 35.5. The van der Waals surface area contributed by atoms with Crippen LogP contribution in [-0.2, 0) is 10.0 Å². The first-order valence-corrected chi connectivity index (χ1v) is 12.8. The van der Waals surface area contributed by atoms with E-state index in [1.165, 1.54) is 6.07 Å². The number of aliphatic hydroxyl groups is 1. The molecule has 0 aliphatic carbocycles. The van der Waals surface area contributed by atoms with E-state index in [0.717, 1.165) is 28.6 Å². The molecule has 0 spiro atoms. The Bertz CT molecular complexity index is 1550. The number of nitrogens with zero attached hydrogens (tertiary/aromatic N) is 3. The van der Waals surface area contributed by atoms with Crippen molar-refractivity contribution in [2.45, 2.75) is 30.3 Å². The molecule has 1 aromatic heterocycles. The summed E-state index contributed by atoms with van der Waals surface area (Å²) < 4.78 is 59.5. The molecule has 16 heteroatoms. The Morgan fingerprint density at radius 2 is 1.73 bits per heavy atom. The van der Waals surface area contributed by atoms with Crippen LogP contribution in [-0.4, -0.2) is 56.9 Å². The van der Waals surface area contributed by atoms with E-state index in [4.69, 9.17) is 27.9 Å². The Morgan fingerprint density at radius 1 is 1.11 bits per heavy atom. The number of aliphatic hydroxyl groups excluding tert-OH is 1. The Hall–Kier alpha value is -3.04. The van der Waals surface area contributed by atoms with E-state index >= 15 is 0 Å². The maximum atomic E-state index is 13.1. The lowest BCUT2D eigenvalue weighted by atomic mass is 10.1. The lowest BCUT2D eigenvalue weighted by molar-refractivity contribution is 0.113. The Labute approximate surface area is 217 Å². The van der Waals surface area contributed by atoms with Gasteiger partial charge in [-0.15, -0.1) is 0 Å². The number of alkyl halides is 2. The molecule has 0 bridgehead atoms. The monoisotopic (exact) mass is 578 g/mol. The predicted molar refractivity (Wildman–Crippen MR) is 128 cm³/mol. The molecule has 3 N–H and O–H groups in total. The molecule has 0 amide bonds. The van der Waals surface area contributed by atoms with Crippen molar-refractivity contribution in [1.82, 2.24) is 19.1 Å². The van der Waals surface area contributed by atoms with Crippen LogP contribution in [0.5, 0.6) is 17.2 Å². The van der Waals surface area contributed by atoms with Gasteiger partial charge in [0.25, 0.3) is 12.0 Å². The second kappa shape index (κ2) is 10.4. The van der Waals surface area contributed by atoms with Gasteiger partial charge in [-0.05, 0) is 37.1 Å². The summed E-state index contributed by atoms with van der Waals surface area (Å²) in [6.45, 7) is 0.136. The first kappa shape index (κ1) is 27.0. The molecule has 11 nitrogen and oxygen atoms in total. The summed E-state index contributed by atoms with van der Waals surface area (Å²) in [6.07, 6.45) is -3.36.